The third-order valence-electron chi connectivity index (χ3n) is 4.62. The van der Waals surface area contributed by atoms with E-state index in [-0.39, 0.29) is 0 Å². The van der Waals surface area contributed by atoms with Gasteiger partial charge in [-0.15, -0.1) is 0 Å². The lowest BCUT2D eigenvalue weighted by Crippen LogP contribution is -2.33. The van der Waals surface area contributed by atoms with E-state index in [9.17, 15) is 0 Å². The van der Waals surface area contributed by atoms with Gasteiger partial charge in [0.2, 0.25) is 0 Å². The van der Waals surface area contributed by atoms with E-state index in [2.05, 4.69) is 53.2 Å². The summed E-state index contributed by atoms with van der Waals surface area (Å²) in [7, 11) is 0. The number of benzene rings is 1. The first-order valence-corrected chi connectivity index (χ1v) is 7.83. The maximum Gasteiger partial charge on any atom is 0.0736 e. The predicted octanol–water partition coefficient (Wildman–Crippen LogP) is 3.75. The summed E-state index contributed by atoms with van der Waals surface area (Å²) < 4.78 is 0. The van der Waals surface area contributed by atoms with Crippen molar-refractivity contribution in [2.24, 2.45) is 0 Å². The van der Waals surface area contributed by atoms with Crippen LogP contribution in [0.4, 0.5) is 0 Å². The van der Waals surface area contributed by atoms with E-state index in [4.69, 9.17) is 4.98 Å². The highest BCUT2D eigenvalue weighted by molar-refractivity contribution is 5.78. The zero-order valence-electron chi connectivity index (χ0n) is 12.7. The third kappa shape index (κ3) is 2.38. The van der Waals surface area contributed by atoms with Gasteiger partial charge in [-0.2, -0.15) is 0 Å². The quantitative estimate of drug-likeness (QED) is 0.719. The van der Waals surface area contributed by atoms with Crippen molar-refractivity contribution in [3.8, 4) is 0 Å². The average Bonchev–Trinajstić information content (AvgIpc) is 2.59. The first kappa shape index (κ1) is 13.4. The van der Waals surface area contributed by atoms with Crippen molar-refractivity contribution >= 4 is 10.9 Å². The van der Waals surface area contributed by atoms with Gasteiger partial charge in [0.15, 0.2) is 0 Å². The van der Waals surface area contributed by atoms with Crippen molar-refractivity contribution in [1.29, 1.82) is 0 Å². The fraction of sp³-hybridized carbons (Fsp3) is 0.263. The second-order valence-corrected chi connectivity index (χ2v) is 5.97. The fourth-order valence-corrected chi connectivity index (χ4v) is 3.27. The van der Waals surface area contributed by atoms with E-state index in [0.717, 1.165) is 30.4 Å². The van der Waals surface area contributed by atoms with Crippen LogP contribution in [0.25, 0.3) is 10.9 Å². The molecule has 0 spiro atoms. The third-order valence-corrected chi connectivity index (χ3v) is 4.62. The minimum absolute atomic E-state index is 0.430. The molecule has 0 aliphatic carbocycles. The van der Waals surface area contributed by atoms with E-state index in [1.807, 2.05) is 18.5 Å². The van der Waals surface area contributed by atoms with E-state index < -0.39 is 0 Å². The molecule has 0 saturated carbocycles. The van der Waals surface area contributed by atoms with Gasteiger partial charge in [0.05, 0.1) is 5.52 Å². The van der Waals surface area contributed by atoms with Crippen molar-refractivity contribution in [3.63, 3.8) is 0 Å². The van der Waals surface area contributed by atoms with Crippen molar-refractivity contribution < 1.29 is 0 Å². The topological polar surface area (TPSA) is 29.0 Å². The number of hydrogen-bond acceptors (Lipinski definition) is 3. The molecule has 3 heterocycles. The van der Waals surface area contributed by atoms with E-state index in [1.165, 1.54) is 16.8 Å². The van der Waals surface area contributed by atoms with Gasteiger partial charge in [-0.1, -0.05) is 30.3 Å². The van der Waals surface area contributed by atoms with Crippen LogP contribution in [0, 0.1) is 0 Å². The van der Waals surface area contributed by atoms with Crippen LogP contribution in [0.3, 0.4) is 0 Å². The second kappa shape index (κ2) is 5.50. The Morgan fingerprint density at radius 2 is 2.00 bits per heavy atom. The first-order valence-electron chi connectivity index (χ1n) is 7.83. The van der Waals surface area contributed by atoms with Crippen LogP contribution in [-0.2, 0) is 13.0 Å². The van der Waals surface area contributed by atoms with Crippen LogP contribution >= 0.6 is 0 Å². The lowest BCUT2D eigenvalue weighted by Gasteiger charge is -2.33. The zero-order valence-corrected chi connectivity index (χ0v) is 12.7. The molecule has 0 amide bonds. The monoisotopic (exact) mass is 289 g/mol. The number of aromatic nitrogens is 2. The molecule has 3 heteroatoms. The Bertz CT molecular complexity index is 798. The van der Waals surface area contributed by atoms with Gasteiger partial charge in [-0.3, -0.25) is 14.9 Å². The predicted molar refractivity (Wildman–Crippen MR) is 88.5 cm³/mol. The Labute approximate surface area is 130 Å². The number of fused-ring (bicyclic) bond motifs is 2. The van der Waals surface area contributed by atoms with Crippen molar-refractivity contribution in [1.82, 2.24) is 14.9 Å². The SMILES string of the molecule is CC(c1ccccc1)N1CCc2nc3ccncc3cc2C1. The summed E-state index contributed by atoms with van der Waals surface area (Å²) in [5.41, 5.74) is 5.02. The average molecular weight is 289 g/mol. The number of nitrogens with zero attached hydrogens (tertiary/aromatic N) is 3. The summed E-state index contributed by atoms with van der Waals surface area (Å²) in [5.74, 6) is 0. The van der Waals surface area contributed by atoms with Gasteiger partial charge < -0.3 is 0 Å². The molecule has 3 aromatic rings. The molecule has 2 aromatic heterocycles. The second-order valence-electron chi connectivity index (χ2n) is 5.97. The molecular formula is C19H19N3. The summed E-state index contributed by atoms with van der Waals surface area (Å²) in [5, 5.41) is 1.13. The minimum Gasteiger partial charge on any atom is -0.292 e. The molecule has 0 saturated heterocycles. The molecule has 1 aliphatic rings. The fourth-order valence-electron chi connectivity index (χ4n) is 3.27. The molecule has 0 bridgehead atoms. The molecule has 1 unspecified atom stereocenters. The Kier molecular flexibility index (Phi) is 3.35. The summed E-state index contributed by atoms with van der Waals surface area (Å²) in [6.07, 6.45) is 4.74. The summed E-state index contributed by atoms with van der Waals surface area (Å²) >= 11 is 0. The van der Waals surface area contributed by atoms with Gasteiger partial charge in [0.1, 0.15) is 0 Å². The molecule has 4 rings (SSSR count). The molecule has 0 fully saturated rings. The zero-order chi connectivity index (χ0) is 14.9. The van der Waals surface area contributed by atoms with Crippen molar-refractivity contribution in [2.75, 3.05) is 6.54 Å². The first-order chi connectivity index (χ1) is 10.8. The van der Waals surface area contributed by atoms with Crippen LogP contribution in [0.2, 0.25) is 0 Å². The van der Waals surface area contributed by atoms with Crippen molar-refractivity contribution in [2.45, 2.75) is 25.9 Å². The maximum absolute atomic E-state index is 4.82. The van der Waals surface area contributed by atoms with Gasteiger partial charge >= 0.3 is 0 Å². The van der Waals surface area contributed by atoms with Crippen LogP contribution in [0.1, 0.15) is 29.8 Å². The highest BCUT2D eigenvalue weighted by Crippen LogP contribution is 2.28. The van der Waals surface area contributed by atoms with Crippen molar-refractivity contribution in [3.05, 3.63) is 71.7 Å². The highest BCUT2D eigenvalue weighted by Gasteiger charge is 2.22. The summed E-state index contributed by atoms with van der Waals surface area (Å²) in [6.45, 7) is 4.31. The van der Waals surface area contributed by atoms with Gasteiger partial charge in [-0.25, -0.2) is 0 Å². The lowest BCUT2D eigenvalue weighted by molar-refractivity contribution is 0.191. The summed E-state index contributed by atoms with van der Waals surface area (Å²) in [4.78, 5) is 11.6. The minimum atomic E-state index is 0.430. The molecule has 22 heavy (non-hydrogen) atoms. The maximum atomic E-state index is 4.82. The molecule has 3 nitrogen and oxygen atoms in total. The molecule has 110 valence electrons. The molecule has 0 radical (unpaired) electrons. The van der Waals surface area contributed by atoms with Crippen LogP contribution in [0.15, 0.2) is 54.9 Å². The molecule has 1 aromatic carbocycles. The van der Waals surface area contributed by atoms with Crippen LogP contribution in [-0.4, -0.2) is 21.4 Å². The van der Waals surface area contributed by atoms with Crippen LogP contribution in [0.5, 0.6) is 0 Å². The Hall–Kier alpha value is -2.26. The Balaban J connectivity index is 1.65. The van der Waals surface area contributed by atoms with Gasteiger partial charge in [0.25, 0.3) is 0 Å². The highest BCUT2D eigenvalue weighted by atomic mass is 15.2. The van der Waals surface area contributed by atoms with Gasteiger partial charge in [0, 0.05) is 49.0 Å². The molecular weight excluding hydrogens is 270 g/mol. The largest absolute Gasteiger partial charge is 0.292 e. The number of rotatable bonds is 2. The van der Waals surface area contributed by atoms with Crippen LogP contribution < -0.4 is 0 Å². The Morgan fingerprint density at radius 3 is 2.86 bits per heavy atom. The summed E-state index contributed by atoms with van der Waals surface area (Å²) in [6, 6.07) is 15.4. The smallest absolute Gasteiger partial charge is 0.0736 e. The van der Waals surface area contributed by atoms with E-state index in [0.29, 0.717) is 6.04 Å². The molecule has 0 N–H and O–H groups in total. The van der Waals surface area contributed by atoms with E-state index >= 15 is 0 Å². The lowest BCUT2D eigenvalue weighted by atomic mass is 9.99. The molecule has 1 aliphatic heterocycles. The van der Waals surface area contributed by atoms with E-state index in [1.54, 1.807) is 0 Å². The Morgan fingerprint density at radius 1 is 1.14 bits per heavy atom. The molecule has 1 atom stereocenters. The van der Waals surface area contributed by atoms with Gasteiger partial charge in [-0.05, 0) is 30.2 Å². The number of pyridine rings is 2. The number of hydrogen-bond donors (Lipinski definition) is 0. The normalized spacial score (nSPS) is 16.4. The standard InChI is InChI=1S/C19H19N3/c1-14(15-5-3-2-4-6-15)22-10-8-19-17(13-22)11-16-12-20-9-7-18(16)21-19/h2-7,9,11-12,14H,8,10,13H2,1H3.